The molecule has 1 aliphatic heterocycles. The van der Waals surface area contributed by atoms with Crippen molar-refractivity contribution in [1.82, 2.24) is 14.5 Å². The van der Waals surface area contributed by atoms with E-state index in [1.54, 1.807) is 46.2 Å². The number of hydrogen-bond donors (Lipinski definition) is 0. The topological polar surface area (TPSA) is 72.3 Å². The number of aromatic nitrogens is 2. The van der Waals surface area contributed by atoms with E-state index in [1.165, 1.54) is 21.5 Å². The lowest BCUT2D eigenvalue weighted by molar-refractivity contribution is -0.127. The lowest BCUT2D eigenvalue weighted by Gasteiger charge is -2.23. The number of thiophene rings is 1. The van der Waals surface area contributed by atoms with Crippen LogP contribution in [0.25, 0.3) is 10.2 Å². The van der Waals surface area contributed by atoms with Gasteiger partial charge in [-0.15, -0.1) is 17.9 Å². The van der Waals surface area contributed by atoms with Crippen molar-refractivity contribution in [3.05, 3.63) is 68.3 Å². The maximum absolute atomic E-state index is 13.5. The molecule has 1 saturated heterocycles. The summed E-state index contributed by atoms with van der Waals surface area (Å²) in [6.45, 7) is 4.51. The lowest BCUT2D eigenvalue weighted by atomic mass is 10.2. The zero-order valence-electron chi connectivity index (χ0n) is 18.6. The molecule has 2 aromatic heterocycles. The minimum atomic E-state index is -0.494. The largest absolute Gasteiger partial charge is 0.283 e. The number of hydrogen-bond acceptors (Lipinski definition) is 6. The molecule has 3 heterocycles. The van der Waals surface area contributed by atoms with E-state index in [-0.39, 0.29) is 17.4 Å². The molecule has 3 aromatic rings. The van der Waals surface area contributed by atoms with Crippen molar-refractivity contribution in [1.29, 1.82) is 0 Å². The Bertz CT molecular complexity index is 1350. The van der Waals surface area contributed by atoms with E-state index in [2.05, 4.69) is 6.58 Å². The maximum Gasteiger partial charge on any atom is 0.263 e. The summed E-state index contributed by atoms with van der Waals surface area (Å²) in [6.07, 6.45) is 6.83. The first-order valence-corrected chi connectivity index (χ1v) is 13.5. The Balaban J connectivity index is 1.48. The van der Waals surface area contributed by atoms with Gasteiger partial charge in [-0.05, 0) is 61.9 Å². The number of allylic oxidation sites excluding steroid dienone is 1. The Morgan fingerprint density at radius 1 is 1.21 bits per heavy atom. The summed E-state index contributed by atoms with van der Waals surface area (Å²) >= 11 is 8.83. The summed E-state index contributed by atoms with van der Waals surface area (Å²) in [5.41, 5.74) is 1.50. The van der Waals surface area contributed by atoms with Crippen LogP contribution >= 0.6 is 34.7 Å². The molecular formula is C25H24ClN3O3S2. The summed E-state index contributed by atoms with van der Waals surface area (Å²) in [4.78, 5) is 48.2. The fraction of sp³-hybridized carbons (Fsp3) is 0.360. The molecule has 2 aliphatic rings. The van der Waals surface area contributed by atoms with Gasteiger partial charge < -0.3 is 0 Å². The number of halogens is 1. The van der Waals surface area contributed by atoms with Crippen LogP contribution in [-0.2, 0) is 24.2 Å². The molecule has 1 atom stereocenters. The molecule has 1 fully saturated rings. The van der Waals surface area contributed by atoms with Gasteiger partial charge in [0, 0.05) is 28.6 Å². The molecule has 34 heavy (non-hydrogen) atoms. The van der Waals surface area contributed by atoms with Crippen LogP contribution in [0, 0.1) is 0 Å². The molecule has 0 radical (unpaired) electrons. The van der Waals surface area contributed by atoms with Gasteiger partial charge in [-0.1, -0.05) is 35.9 Å². The molecule has 6 nitrogen and oxygen atoms in total. The first-order valence-electron chi connectivity index (χ1n) is 11.4. The number of carbonyl (C=O) groups is 2. The second kappa shape index (κ2) is 9.68. The first-order chi connectivity index (χ1) is 16.5. The third kappa shape index (κ3) is 4.23. The van der Waals surface area contributed by atoms with E-state index in [0.717, 1.165) is 47.9 Å². The van der Waals surface area contributed by atoms with E-state index < -0.39 is 5.25 Å². The van der Waals surface area contributed by atoms with Crippen molar-refractivity contribution < 1.29 is 9.59 Å². The second-order valence-corrected chi connectivity index (χ2v) is 11.2. The zero-order valence-corrected chi connectivity index (χ0v) is 21.0. The molecule has 0 saturated carbocycles. The molecule has 176 valence electrons. The molecule has 2 amide bonds. The summed E-state index contributed by atoms with van der Waals surface area (Å²) in [5.74, 6) is -0.564. The van der Waals surface area contributed by atoms with Gasteiger partial charge in [-0.25, -0.2) is 4.98 Å². The van der Waals surface area contributed by atoms with Gasteiger partial charge in [0.15, 0.2) is 5.16 Å². The third-order valence-corrected chi connectivity index (χ3v) is 9.01. The highest BCUT2D eigenvalue weighted by molar-refractivity contribution is 8.00. The number of aryl methyl sites for hydroxylation is 2. The third-order valence-electron chi connectivity index (χ3n) is 6.32. The second-order valence-electron chi connectivity index (χ2n) is 8.54. The van der Waals surface area contributed by atoms with Crippen LogP contribution in [0.15, 0.2) is 46.9 Å². The van der Waals surface area contributed by atoms with Crippen LogP contribution in [0.4, 0.5) is 0 Å². The highest BCUT2D eigenvalue weighted by Gasteiger charge is 2.34. The monoisotopic (exact) mass is 513 g/mol. The quantitative estimate of drug-likeness (QED) is 0.269. The van der Waals surface area contributed by atoms with Crippen LogP contribution in [0.3, 0.4) is 0 Å². The van der Waals surface area contributed by atoms with E-state index >= 15 is 0 Å². The van der Waals surface area contributed by atoms with Crippen LogP contribution < -0.4 is 5.56 Å². The molecule has 0 spiro atoms. The fourth-order valence-electron chi connectivity index (χ4n) is 4.63. The first kappa shape index (κ1) is 23.3. The van der Waals surface area contributed by atoms with Crippen LogP contribution in [-0.4, -0.2) is 38.1 Å². The zero-order chi connectivity index (χ0) is 23.8. The number of carbonyl (C=O) groups excluding carboxylic acids is 2. The maximum atomic E-state index is 13.5. The number of thioether (sulfide) groups is 1. The van der Waals surface area contributed by atoms with Gasteiger partial charge in [0.1, 0.15) is 4.83 Å². The SMILES string of the molecule is C=CCn1c(S[C@H]2CCCCN(C(=O)c3ccc(Cl)cc3)C2=O)nc2sc3c(c2c1=O)CCC3. The van der Waals surface area contributed by atoms with Gasteiger partial charge >= 0.3 is 0 Å². The van der Waals surface area contributed by atoms with Gasteiger partial charge in [-0.2, -0.15) is 0 Å². The van der Waals surface area contributed by atoms with Crippen molar-refractivity contribution in [2.24, 2.45) is 0 Å². The Labute approximate surface area is 210 Å². The predicted molar refractivity (Wildman–Crippen MR) is 137 cm³/mol. The standard InChI is InChI=1S/C25H24ClN3O3S2/c1-2-13-29-24(32)20-17-6-5-8-18(17)33-21(20)27-25(29)34-19-7-3-4-14-28(23(19)31)22(30)15-9-11-16(26)12-10-15/h2,9-12,19H,1,3-8,13-14H2/t19-/m0/s1. The average molecular weight is 514 g/mol. The Morgan fingerprint density at radius 3 is 2.76 bits per heavy atom. The molecular weight excluding hydrogens is 490 g/mol. The molecule has 1 aliphatic carbocycles. The number of benzene rings is 1. The Morgan fingerprint density at radius 2 is 2.00 bits per heavy atom. The molecule has 5 rings (SSSR count). The highest BCUT2D eigenvalue weighted by atomic mass is 35.5. The summed E-state index contributed by atoms with van der Waals surface area (Å²) in [7, 11) is 0. The van der Waals surface area contributed by atoms with E-state index in [1.807, 2.05) is 0 Å². The highest BCUT2D eigenvalue weighted by Crippen LogP contribution is 2.37. The minimum Gasteiger partial charge on any atom is -0.283 e. The van der Waals surface area contributed by atoms with Gasteiger partial charge in [0.05, 0.1) is 10.6 Å². The van der Waals surface area contributed by atoms with Crippen molar-refractivity contribution in [2.75, 3.05) is 6.54 Å². The minimum absolute atomic E-state index is 0.0676. The lowest BCUT2D eigenvalue weighted by Crippen LogP contribution is -2.41. The number of imide groups is 1. The van der Waals surface area contributed by atoms with E-state index in [0.29, 0.717) is 35.3 Å². The van der Waals surface area contributed by atoms with Crippen molar-refractivity contribution in [3.8, 4) is 0 Å². The molecule has 0 unspecified atom stereocenters. The number of fused-ring (bicyclic) bond motifs is 3. The van der Waals surface area contributed by atoms with Gasteiger partial charge in [0.25, 0.3) is 11.5 Å². The Kier molecular flexibility index (Phi) is 6.64. The predicted octanol–water partition coefficient (Wildman–Crippen LogP) is 5.10. The van der Waals surface area contributed by atoms with E-state index in [4.69, 9.17) is 16.6 Å². The Hall–Kier alpha value is -2.42. The molecule has 0 N–H and O–H groups in total. The summed E-state index contributed by atoms with van der Waals surface area (Å²) < 4.78 is 1.62. The summed E-state index contributed by atoms with van der Waals surface area (Å²) in [6, 6.07) is 6.57. The number of likely N-dealkylation sites (tertiary alicyclic amines) is 1. The van der Waals surface area contributed by atoms with Crippen molar-refractivity contribution in [3.63, 3.8) is 0 Å². The fourth-order valence-corrected chi connectivity index (χ4v) is 7.26. The van der Waals surface area contributed by atoms with E-state index in [9.17, 15) is 14.4 Å². The number of nitrogens with zero attached hydrogens (tertiary/aromatic N) is 3. The molecule has 0 bridgehead atoms. The normalized spacial score (nSPS) is 18.2. The van der Waals surface area contributed by atoms with Crippen LogP contribution in [0.5, 0.6) is 0 Å². The van der Waals surface area contributed by atoms with Crippen molar-refractivity contribution in [2.45, 2.75) is 55.5 Å². The summed E-state index contributed by atoms with van der Waals surface area (Å²) in [5, 5.41) is 1.27. The molecule has 9 heteroatoms. The van der Waals surface area contributed by atoms with Crippen LogP contribution in [0.2, 0.25) is 5.02 Å². The number of rotatable bonds is 5. The van der Waals surface area contributed by atoms with Gasteiger partial charge in [0.2, 0.25) is 5.91 Å². The van der Waals surface area contributed by atoms with Crippen molar-refractivity contribution >= 4 is 56.7 Å². The van der Waals surface area contributed by atoms with Gasteiger partial charge in [-0.3, -0.25) is 23.9 Å². The number of amides is 2. The van der Waals surface area contributed by atoms with Crippen LogP contribution in [0.1, 0.15) is 46.5 Å². The molecule has 1 aromatic carbocycles. The average Bonchev–Trinajstić information content (AvgIpc) is 3.36. The smallest absolute Gasteiger partial charge is 0.263 e.